The highest BCUT2D eigenvalue weighted by Gasteiger charge is 2.25. The zero-order valence-electron chi connectivity index (χ0n) is 14.3. The minimum Gasteiger partial charge on any atom is -0.384 e. The van der Waals surface area contributed by atoms with E-state index in [9.17, 15) is 4.79 Å². The molecule has 3 rings (SSSR count). The SMILES string of the molecule is COCCc1noc(CO[C@@H]2CCCN(C(=O)c3ccncc3)C2)n1. The first-order chi connectivity index (χ1) is 12.3. The summed E-state index contributed by atoms with van der Waals surface area (Å²) in [6.07, 6.45) is 5.64. The highest BCUT2D eigenvalue weighted by molar-refractivity contribution is 5.94. The number of hydrogen-bond donors (Lipinski definition) is 0. The fourth-order valence-corrected chi connectivity index (χ4v) is 2.77. The summed E-state index contributed by atoms with van der Waals surface area (Å²) in [7, 11) is 1.63. The van der Waals surface area contributed by atoms with Crippen molar-refractivity contribution in [1.82, 2.24) is 20.0 Å². The summed E-state index contributed by atoms with van der Waals surface area (Å²) in [5, 5.41) is 3.88. The van der Waals surface area contributed by atoms with Gasteiger partial charge in [-0.05, 0) is 25.0 Å². The van der Waals surface area contributed by atoms with E-state index in [4.69, 9.17) is 14.0 Å². The highest BCUT2D eigenvalue weighted by Crippen LogP contribution is 2.17. The number of carbonyl (C=O) groups is 1. The first-order valence-corrected chi connectivity index (χ1v) is 8.37. The molecule has 8 nitrogen and oxygen atoms in total. The number of methoxy groups -OCH3 is 1. The van der Waals surface area contributed by atoms with Gasteiger partial charge in [-0.2, -0.15) is 4.98 Å². The molecular weight excluding hydrogens is 324 g/mol. The van der Waals surface area contributed by atoms with Crippen molar-refractivity contribution in [1.29, 1.82) is 0 Å². The molecule has 1 fully saturated rings. The number of carbonyl (C=O) groups excluding carboxylic acids is 1. The summed E-state index contributed by atoms with van der Waals surface area (Å²) in [4.78, 5) is 22.5. The fourth-order valence-electron chi connectivity index (χ4n) is 2.77. The minimum absolute atomic E-state index is 0.00958. The molecule has 0 aliphatic carbocycles. The molecule has 3 heterocycles. The number of aromatic nitrogens is 3. The summed E-state index contributed by atoms with van der Waals surface area (Å²) >= 11 is 0. The number of pyridine rings is 1. The van der Waals surface area contributed by atoms with E-state index in [1.165, 1.54) is 0 Å². The van der Waals surface area contributed by atoms with Gasteiger partial charge in [-0.3, -0.25) is 9.78 Å². The maximum atomic E-state index is 12.5. The molecule has 0 aromatic carbocycles. The molecule has 1 amide bonds. The number of ether oxygens (including phenoxy) is 2. The molecule has 0 saturated carbocycles. The summed E-state index contributed by atoms with van der Waals surface area (Å²) in [5.41, 5.74) is 0.648. The highest BCUT2D eigenvalue weighted by atomic mass is 16.5. The normalized spacial score (nSPS) is 17.6. The van der Waals surface area contributed by atoms with E-state index in [0.717, 1.165) is 19.4 Å². The van der Waals surface area contributed by atoms with Gasteiger partial charge < -0.3 is 18.9 Å². The van der Waals surface area contributed by atoms with E-state index in [0.29, 0.717) is 36.9 Å². The van der Waals surface area contributed by atoms with Crippen LogP contribution in [0.5, 0.6) is 0 Å². The van der Waals surface area contributed by atoms with E-state index in [1.807, 2.05) is 4.90 Å². The second kappa shape index (κ2) is 8.68. The number of piperidine rings is 1. The third-order valence-corrected chi connectivity index (χ3v) is 4.08. The van der Waals surface area contributed by atoms with Crippen LogP contribution < -0.4 is 0 Å². The van der Waals surface area contributed by atoms with Crippen molar-refractivity contribution in [2.24, 2.45) is 0 Å². The van der Waals surface area contributed by atoms with Crippen molar-refractivity contribution in [3.05, 3.63) is 41.8 Å². The van der Waals surface area contributed by atoms with Gasteiger partial charge >= 0.3 is 0 Å². The molecule has 1 aliphatic heterocycles. The average Bonchev–Trinajstić information content (AvgIpc) is 3.13. The molecule has 1 saturated heterocycles. The van der Waals surface area contributed by atoms with Crippen LogP contribution in [0.2, 0.25) is 0 Å². The molecule has 2 aromatic rings. The van der Waals surface area contributed by atoms with Crippen molar-refractivity contribution in [2.75, 3.05) is 26.8 Å². The van der Waals surface area contributed by atoms with Crippen LogP contribution in [0, 0.1) is 0 Å². The van der Waals surface area contributed by atoms with E-state index in [-0.39, 0.29) is 18.6 Å². The predicted molar refractivity (Wildman–Crippen MR) is 87.8 cm³/mol. The van der Waals surface area contributed by atoms with Crippen molar-refractivity contribution in [3.63, 3.8) is 0 Å². The van der Waals surface area contributed by atoms with Crippen LogP contribution in [-0.4, -0.2) is 58.8 Å². The second-order valence-electron chi connectivity index (χ2n) is 5.91. The van der Waals surface area contributed by atoms with Crippen molar-refractivity contribution in [2.45, 2.75) is 32.0 Å². The number of hydrogen-bond acceptors (Lipinski definition) is 7. The summed E-state index contributed by atoms with van der Waals surface area (Å²) in [5.74, 6) is 1.07. The lowest BCUT2D eigenvalue weighted by molar-refractivity contribution is -0.0153. The molecule has 8 heteroatoms. The number of rotatable bonds is 7. The predicted octanol–water partition coefficient (Wildman–Crippen LogP) is 1.47. The molecule has 1 atom stereocenters. The summed E-state index contributed by atoms with van der Waals surface area (Å²) in [6, 6.07) is 3.46. The van der Waals surface area contributed by atoms with E-state index < -0.39 is 0 Å². The van der Waals surface area contributed by atoms with Gasteiger partial charge in [0.15, 0.2) is 5.82 Å². The zero-order chi connectivity index (χ0) is 17.5. The van der Waals surface area contributed by atoms with Gasteiger partial charge in [0, 0.05) is 44.6 Å². The summed E-state index contributed by atoms with van der Waals surface area (Å²) in [6.45, 7) is 2.10. The topological polar surface area (TPSA) is 90.6 Å². The second-order valence-corrected chi connectivity index (χ2v) is 5.91. The Balaban J connectivity index is 1.50. The third-order valence-electron chi connectivity index (χ3n) is 4.08. The standard InChI is InChI=1S/C17H22N4O4/c1-23-10-6-15-19-16(25-20-15)12-24-14-3-2-9-21(11-14)17(22)13-4-7-18-8-5-13/h4-5,7-8,14H,2-3,6,9-12H2,1H3/t14-/m1/s1. The fraction of sp³-hybridized carbons (Fsp3) is 0.529. The Morgan fingerprint density at radius 2 is 2.24 bits per heavy atom. The number of likely N-dealkylation sites (tertiary alicyclic amines) is 1. The van der Waals surface area contributed by atoms with Crippen LogP contribution in [0.3, 0.4) is 0 Å². The molecular formula is C17H22N4O4. The molecule has 0 spiro atoms. The van der Waals surface area contributed by atoms with Crippen molar-refractivity contribution in [3.8, 4) is 0 Å². The lowest BCUT2D eigenvalue weighted by Gasteiger charge is -2.32. The third kappa shape index (κ3) is 4.83. The molecule has 0 bridgehead atoms. The Hall–Kier alpha value is -2.32. The molecule has 2 aromatic heterocycles. The molecule has 0 N–H and O–H groups in total. The monoisotopic (exact) mass is 346 g/mol. The van der Waals surface area contributed by atoms with Gasteiger partial charge in [0.1, 0.15) is 6.61 Å². The lowest BCUT2D eigenvalue weighted by atomic mass is 10.1. The van der Waals surface area contributed by atoms with Crippen LogP contribution in [0.15, 0.2) is 29.0 Å². The van der Waals surface area contributed by atoms with Crippen LogP contribution in [0.25, 0.3) is 0 Å². The molecule has 134 valence electrons. The minimum atomic E-state index is -0.0335. The first kappa shape index (κ1) is 17.5. The maximum Gasteiger partial charge on any atom is 0.254 e. The Morgan fingerprint density at radius 3 is 3.04 bits per heavy atom. The van der Waals surface area contributed by atoms with E-state index in [1.54, 1.807) is 31.6 Å². The lowest BCUT2D eigenvalue weighted by Crippen LogP contribution is -2.43. The van der Waals surface area contributed by atoms with Crippen LogP contribution in [0.1, 0.15) is 34.9 Å². The Kier molecular flexibility index (Phi) is 6.08. The van der Waals surface area contributed by atoms with Gasteiger partial charge in [-0.1, -0.05) is 5.16 Å². The van der Waals surface area contributed by atoms with Crippen LogP contribution in [0.4, 0.5) is 0 Å². The summed E-state index contributed by atoms with van der Waals surface area (Å²) < 4.78 is 16.0. The molecule has 0 unspecified atom stereocenters. The van der Waals surface area contributed by atoms with Gasteiger partial charge in [0.2, 0.25) is 0 Å². The molecule has 1 aliphatic rings. The van der Waals surface area contributed by atoms with Crippen LogP contribution >= 0.6 is 0 Å². The van der Waals surface area contributed by atoms with E-state index in [2.05, 4.69) is 15.1 Å². The Labute approximate surface area is 146 Å². The van der Waals surface area contributed by atoms with Crippen molar-refractivity contribution < 1.29 is 18.8 Å². The maximum absolute atomic E-state index is 12.5. The van der Waals surface area contributed by atoms with Gasteiger partial charge in [-0.25, -0.2) is 0 Å². The quantitative estimate of drug-likeness (QED) is 0.750. The van der Waals surface area contributed by atoms with Crippen molar-refractivity contribution >= 4 is 5.91 Å². The average molecular weight is 346 g/mol. The van der Waals surface area contributed by atoms with Gasteiger partial charge in [-0.15, -0.1) is 0 Å². The number of nitrogens with zero attached hydrogens (tertiary/aromatic N) is 4. The first-order valence-electron chi connectivity index (χ1n) is 8.37. The largest absolute Gasteiger partial charge is 0.384 e. The smallest absolute Gasteiger partial charge is 0.254 e. The molecule has 25 heavy (non-hydrogen) atoms. The Bertz CT molecular complexity index is 676. The van der Waals surface area contributed by atoms with Crippen LogP contribution in [-0.2, 0) is 22.5 Å². The zero-order valence-corrected chi connectivity index (χ0v) is 14.3. The number of amides is 1. The van der Waals surface area contributed by atoms with Gasteiger partial charge in [0.25, 0.3) is 11.8 Å². The van der Waals surface area contributed by atoms with E-state index >= 15 is 0 Å². The van der Waals surface area contributed by atoms with Gasteiger partial charge in [0.05, 0.1) is 12.7 Å². The Morgan fingerprint density at radius 1 is 1.40 bits per heavy atom. The molecule has 0 radical (unpaired) electrons.